The number of rotatable bonds is 3. The van der Waals surface area contributed by atoms with Gasteiger partial charge in [-0.1, -0.05) is 32.0 Å². The van der Waals surface area contributed by atoms with Gasteiger partial charge in [0.25, 0.3) is 0 Å². The summed E-state index contributed by atoms with van der Waals surface area (Å²) in [6, 6.07) is 7.95. The predicted octanol–water partition coefficient (Wildman–Crippen LogP) is 3.86. The van der Waals surface area contributed by atoms with E-state index in [4.69, 9.17) is 4.74 Å². The maximum atomic E-state index is 11.8. The van der Waals surface area contributed by atoms with Crippen molar-refractivity contribution in [3.05, 3.63) is 35.9 Å². The summed E-state index contributed by atoms with van der Waals surface area (Å²) in [6.45, 7) is 6.89. The van der Waals surface area contributed by atoms with Crippen molar-refractivity contribution in [2.75, 3.05) is 6.61 Å². The van der Waals surface area contributed by atoms with E-state index in [1.54, 1.807) is 6.08 Å². The van der Waals surface area contributed by atoms with Crippen molar-refractivity contribution < 1.29 is 9.53 Å². The van der Waals surface area contributed by atoms with Crippen molar-refractivity contribution in [2.24, 2.45) is 5.41 Å². The summed E-state index contributed by atoms with van der Waals surface area (Å²) in [4.78, 5) is 11.8. The van der Waals surface area contributed by atoms with Crippen molar-refractivity contribution in [1.29, 1.82) is 0 Å². The van der Waals surface area contributed by atoms with Crippen LogP contribution in [0.4, 0.5) is 0 Å². The second kappa shape index (κ2) is 4.97. The third kappa shape index (κ3) is 2.81. The smallest absolute Gasteiger partial charge is 0.156 e. The van der Waals surface area contributed by atoms with Crippen LogP contribution in [0.2, 0.25) is 0 Å². The van der Waals surface area contributed by atoms with E-state index in [2.05, 4.69) is 13.8 Å². The van der Waals surface area contributed by atoms with Crippen molar-refractivity contribution in [3.8, 4) is 5.75 Å². The van der Waals surface area contributed by atoms with Gasteiger partial charge < -0.3 is 4.74 Å². The van der Waals surface area contributed by atoms with Crippen LogP contribution in [-0.4, -0.2) is 12.4 Å². The van der Waals surface area contributed by atoms with Crippen LogP contribution >= 0.6 is 0 Å². The normalized spacial score (nSPS) is 18.4. The zero-order valence-corrected chi connectivity index (χ0v) is 11.3. The fourth-order valence-corrected chi connectivity index (χ4v) is 2.53. The van der Waals surface area contributed by atoms with Gasteiger partial charge in [-0.05, 0) is 36.5 Å². The van der Waals surface area contributed by atoms with Crippen molar-refractivity contribution >= 4 is 11.4 Å². The third-order valence-corrected chi connectivity index (χ3v) is 3.19. The molecule has 0 fully saturated rings. The highest BCUT2D eigenvalue weighted by Crippen LogP contribution is 2.40. The predicted molar refractivity (Wildman–Crippen MR) is 73.6 cm³/mol. The van der Waals surface area contributed by atoms with E-state index < -0.39 is 0 Å². The molecule has 0 bridgehead atoms. The van der Waals surface area contributed by atoms with Crippen LogP contribution in [-0.2, 0) is 4.79 Å². The number of hydrogen-bond acceptors (Lipinski definition) is 2. The lowest BCUT2D eigenvalue weighted by Gasteiger charge is -2.29. The number of para-hydroxylation sites is 1. The molecule has 0 radical (unpaired) electrons. The van der Waals surface area contributed by atoms with Gasteiger partial charge in [-0.3, -0.25) is 4.79 Å². The fraction of sp³-hybridized carbons (Fsp3) is 0.438. The van der Waals surface area contributed by atoms with Gasteiger partial charge in [-0.15, -0.1) is 0 Å². The molecule has 2 nitrogen and oxygen atoms in total. The lowest BCUT2D eigenvalue weighted by atomic mass is 9.75. The summed E-state index contributed by atoms with van der Waals surface area (Å²) in [5, 5.41) is 0. The van der Waals surface area contributed by atoms with Crippen LogP contribution in [0.3, 0.4) is 0 Å². The molecule has 0 aromatic heterocycles. The summed E-state index contributed by atoms with van der Waals surface area (Å²) in [7, 11) is 0. The second-order valence-corrected chi connectivity index (χ2v) is 5.58. The largest absolute Gasteiger partial charge is 0.493 e. The molecule has 1 aliphatic rings. The molecule has 96 valence electrons. The van der Waals surface area contributed by atoms with E-state index in [9.17, 15) is 4.79 Å². The van der Waals surface area contributed by atoms with Crippen molar-refractivity contribution in [2.45, 2.75) is 33.6 Å². The minimum atomic E-state index is 0.0422. The van der Waals surface area contributed by atoms with Crippen LogP contribution in [0.5, 0.6) is 5.75 Å². The molecular weight excluding hydrogens is 224 g/mol. The van der Waals surface area contributed by atoms with E-state index in [1.807, 2.05) is 31.2 Å². The van der Waals surface area contributed by atoms with E-state index in [0.29, 0.717) is 13.0 Å². The highest BCUT2D eigenvalue weighted by atomic mass is 16.5. The number of ether oxygens (including phenoxy) is 1. The van der Waals surface area contributed by atoms with Crippen molar-refractivity contribution in [3.63, 3.8) is 0 Å². The summed E-state index contributed by atoms with van der Waals surface area (Å²) in [6.07, 6.45) is 3.33. The standard InChI is InChI=1S/C16H20O2/c1-4-18-15-8-6-5-7-14(15)12-9-13(17)11-16(2,3)10-12/h5-9H,4,10-11H2,1-3H3. The molecule has 2 rings (SSSR count). The summed E-state index contributed by atoms with van der Waals surface area (Å²) in [5.74, 6) is 1.09. The highest BCUT2D eigenvalue weighted by molar-refractivity contribution is 5.99. The second-order valence-electron chi connectivity index (χ2n) is 5.58. The monoisotopic (exact) mass is 244 g/mol. The highest BCUT2D eigenvalue weighted by Gasteiger charge is 2.28. The first-order valence-corrected chi connectivity index (χ1v) is 6.47. The summed E-state index contributed by atoms with van der Waals surface area (Å²) >= 11 is 0. The first kappa shape index (κ1) is 12.9. The quantitative estimate of drug-likeness (QED) is 0.807. The van der Waals surface area contributed by atoms with Gasteiger partial charge in [0.05, 0.1) is 6.61 Å². The molecule has 0 N–H and O–H groups in total. The van der Waals surface area contributed by atoms with Gasteiger partial charge in [0.15, 0.2) is 5.78 Å². The Hall–Kier alpha value is -1.57. The Balaban J connectivity index is 2.39. The molecule has 0 heterocycles. The van der Waals surface area contributed by atoms with E-state index in [0.717, 1.165) is 23.3 Å². The number of ketones is 1. The molecule has 2 heteroatoms. The molecule has 1 aliphatic carbocycles. The minimum absolute atomic E-state index is 0.0422. The summed E-state index contributed by atoms with van der Waals surface area (Å²) < 4.78 is 5.64. The Labute approximate surface area is 109 Å². The Morgan fingerprint density at radius 1 is 1.22 bits per heavy atom. The third-order valence-electron chi connectivity index (χ3n) is 3.19. The molecule has 18 heavy (non-hydrogen) atoms. The Morgan fingerprint density at radius 3 is 2.61 bits per heavy atom. The van der Waals surface area contributed by atoms with Gasteiger partial charge in [0, 0.05) is 12.0 Å². The van der Waals surface area contributed by atoms with Crippen molar-refractivity contribution in [1.82, 2.24) is 0 Å². The zero-order chi connectivity index (χ0) is 13.2. The zero-order valence-electron chi connectivity index (χ0n) is 11.3. The van der Waals surface area contributed by atoms with Crippen LogP contribution in [0, 0.1) is 5.41 Å². The first-order valence-electron chi connectivity index (χ1n) is 6.47. The van der Waals surface area contributed by atoms with Gasteiger partial charge in [0.1, 0.15) is 5.75 Å². The number of carbonyl (C=O) groups is 1. The summed E-state index contributed by atoms with van der Waals surface area (Å²) in [5.41, 5.74) is 2.20. The van der Waals surface area contributed by atoms with E-state index in [1.165, 1.54) is 0 Å². The molecule has 1 aromatic rings. The average Bonchev–Trinajstić information content (AvgIpc) is 2.27. The lowest BCUT2D eigenvalue weighted by molar-refractivity contribution is -0.116. The molecule has 0 saturated carbocycles. The molecule has 1 aromatic carbocycles. The van der Waals surface area contributed by atoms with Crippen LogP contribution in [0.1, 0.15) is 39.2 Å². The van der Waals surface area contributed by atoms with E-state index in [-0.39, 0.29) is 11.2 Å². The number of carbonyl (C=O) groups excluding carboxylic acids is 1. The molecule has 0 aliphatic heterocycles. The SMILES string of the molecule is CCOc1ccccc1C1=CC(=O)CC(C)(C)C1. The van der Waals surface area contributed by atoms with Crippen LogP contribution < -0.4 is 4.74 Å². The van der Waals surface area contributed by atoms with Gasteiger partial charge in [0.2, 0.25) is 0 Å². The average molecular weight is 244 g/mol. The van der Waals surface area contributed by atoms with Gasteiger partial charge in [-0.25, -0.2) is 0 Å². The fourth-order valence-electron chi connectivity index (χ4n) is 2.53. The topological polar surface area (TPSA) is 26.3 Å². The number of benzene rings is 1. The maximum Gasteiger partial charge on any atom is 0.156 e. The minimum Gasteiger partial charge on any atom is -0.493 e. The van der Waals surface area contributed by atoms with Gasteiger partial charge in [-0.2, -0.15) is 0 Å². The Bertz CT molecular complexity index is 484. The molecule has 0 amide bonds. The molecular formula is C16H20O2. The van der Waals surface area contributed by atoms with E-state index >= 15 is 0 Å². The van der Waals surface area contributed by atoms with Crippen LogP contribution in [0.25, 0.3) is 5.57 Å². The van der Waals surface area contributed by atoms with Crippen LogP contribution in [0.15, 0.2) is 30.3 Å². The molecule has 0 atom stereocenters. The first-order chi connectivity index (χ1) is 8.52. The molecule has 0 saturated heterocycles. The molecule has 0 spiro atoms. The Kier molecular flexibility index (Phi) is 3.55. The number of allylic oxidation sites excluding steroid dienone is 2. The van der Waals surface area contributed by atoms with Gasteiger partial charge >= 0.3 is 0 Å². The Morgan fingerprint density at radius 2 is 1.94 bits per heavy atom. The number of hydrogen-bond donors (Lipinski definition) is 0. The molecule has 0 unspecified atom stereocenters. The maximum absolute atomic E-state index is 11.8. The lowest BCUT2D eigenvalue weighted by Crippen LogP contribution is -2.21.